The molecule has 0 aromatic carbocycles. The number of alkyl halides is 3. The third-order valence-electron chi connectivity index (χ3n) is 3.09. The third kappa shape index (κ3) is 7.59. The lowest BCUT2D eigenvalue weighted by Crippen LogP contribution is -2.45. The molecule has 0 atom stereocenters. The number of carbonyl (C=O) groups is 2. The van der Waals surface area contributed by atoms with Crippen LogP contribution in [0.2, 0.25) is 0 Å². The van der Waals surface area contributed by atoms with Crippen LogP contribution in [-0.2, 0) is 15.7 Å². The predicted molar refractivity (Wildman–Crippen MR) is 95.7 cm³/mol. The summed E-state index contributed by atoms with van der Waals surface area (Å²) in [7, 11) is 1.44. The van der Waals surface area contributed by atoms with E-state index in [0.717, 1.165) is 6.07 Å². The normalized spacial score (nSPS) is 12.3. The average molecular weight is 406 g/mol. The number of amides is 2. The topological polar surface area (TPSA) is 102 Å². The molecular formula is C17H25F3N4O4. The van der Waals surface area contributed by atoms with Gasteiger partial charge in [-0.25, -0.2) is 15.2 Å². The fourth-order valence-corrected chi connectivity index (χ4v) is 2.13. The number of ether oxygens (including phenoxy) is 2. The summed E-state index contributed by atoms with van der Waals surface area (Å²) in [5, 5.41) is 2.81. The van der Waals surface area contributed by atoms with Gasteiger partial charge in [0.1, 0.15) is 5.60 Å². The lowest BCUT2D eigenvalue weighted by Gasteiger charge is -2.28. The van der Waals surface area contributed by atoms with E-state index < -0.39 is 34.9 Å². The Kier molecular flexibility index (Phi) is 7.24. The van der Waals surface area contributed by atoms with E-state index in [1.54, 1.807) is 34.6 Å². The minimum Gasteiger partial charge on any atom is -0.443 e. The van der Waals surface area contributed by atoms with Gasteiger partial charge in [0.25, 0.3) is 5.91 Å². The van der Waals surface area contributed by atoms with Gasteiger partial charge >= 0.3 is 12.3 Å². The third-order valence-corrected chi connectivity index (χ3v) is 3.09. The smallest absolute Gasteiger partial charge is 0.426 e. The molecule has 0 unspecified atom stereocenters. The minimum atomic E-state index is -4.64. The molecule has 158 valence electrons. The molecule has 8 nitrogen and oxygen atoms in total. The van der Waals surface area contributed by atoms with Gasteiger partial charge in [0.15, 0.2) is 5.69 Å². The number of aromatic nitrogens is 1. The number of methoxy groups -OCH3 is 1. The summed E-state index contributed by atoms with van der Waals surface area (Å²) in [6.07, 6.45) is -5.03. The van der Waals surface area contributed by atoms with Crippen molar-refractivity contribution in [3.8, 4) is 0 Å². The van der Waals surface area contributed by atoms with Crippen molar-refractivity contribution < 1.29 is 32.2 Å². The van der Waals surface area contributed by atoms with Crippen molar-refractivity contribution >= 4 is 17.7 Å². The Hall–Kier alpha value is -2.56. The lowest BCUT2D eigenvalue weighted by atomic mass is 10.1. The Labute approximate surface area is 161 Å². The summed E-state index contributed by atoms with van der Waals surface area (Å²) < 4.78 is 49.1. The molecule has 0 bridgehead atoms. The van der Waals surface area contributed by atoms with Gasteiger partial charge in [0, 0.05) is 13.3 Å². The van der Waals surface area contributed by atoms with Crippen LogP contribution in [0.4, 0.5) is 23.7 Å². The first-order valence-electron chi connectivity index (χ1n) is 8.28. The molecule has 0 saturated heterocycles. The van der Waals surface area contributed by atoms with E-state index in [-0.39, 0.29) is 18.0 Å². The second-order valence-corrected chi connectivity index (χ2v) is 7.64. The predicted octanol–water partition coefficient (Wildman–Crippen LogP) is 3.11. The Balaban J connectivity index is 3.08. The number of hydrogen-bond donors (Lipinski definition) is 3. The van der Waals surface area contributed by atoms with Gasteiger partial charge in [-0.2, -0.15) is 13.2 Å². The van der Waals surface area contributed by atoms with Crippen molar-refractivity contribution in [3.63, 3.8) is 0 Å². The summed E-state index contributed by atoms with van der Waals surface area (Å²) in [5.74, 6) is -0.921. The second-order valence-electron chi connectivity index (χ2n) is 7.64. The molecule has 11 heteroatoms. The zero-order chi connectivity index (χ0) is 21.8. The monoisotopic (exact) mass is 406 g/mol. The van der Waals surface area contributed by atoms with Crippen LogP contribution in [0.3, 0.4) is 0 Å². The molecule has 3 N–H and O–H groups in total. The maximum atomic E-state index is 13.0. The van der Waals surface area contributed by atoms with Crippen molar-refractivity contribution in [1.82, 2.24) is 15.8 Å². The Morgan fingerprint density at radius 1 is 1.11 bits per heavy atom. The van der Waals surface area contributed by atoms with E-state index in [9.17, 15) is 22.8 Å². The summed E-state index contributed by atoms with van der Waals surface area (Å²) in [5.41, 5.74) is 0.957. The molecule has 0 aliphatic heterocycles. The number of nitrogens with zero attached hydrogens (tertiary/aromatic N) is 1. The Bertz CT molecular complexity index is 715. The van der Waals surface area contributed by atoms with E-state index >= 15 is 0 Å². The number of hydrazine groups is 1. The molecule has 1 heterocycles. The van der Waals surface area contributed by atoms with Gasteiger partial charge in [-0.15, -0.1) is 0 Å². The number of rotatable bonds is 5. The van der Waals surface area contributed by atoms with Crippen LogP contribution in [0.15, 0.2) is 12.3 Å². The number of halogens is 3. The van der Waals surface area contributed by atoms with Crippen LogP contribution >= 0.6 is 0 Å². The summed E-state index contributed by atoms with van der Waals surface area (Å²) in [6, 6.07) is 0.771. The maximum Gasteiger partial charge on any atom is 0.426 e. The molecule has 1 rings (SSSR count). The average Bonchev–Trinajstić information content (AvgIpc) is 2.49. The number of pyridine rings is 1. The highest BCUT2D eigenvalue weighted by Crippen LogP contribution is 2.32. The van der Waals surface area contributed by atoms with Crippen LogP contribution in [0.25, 0.3) is 0 Å². The number of carbonyl (C=O) groups excluding carboxylic acids is 2. The molecule has 2 amide bonds. The van der Waals surface area contributed by atoms with E-state index in [2.05, 4.69) is 15.7 Å². The lowest BCUT2D eigenvalue weighted by molar-refractivity contribution is -0.137. The van der Waals surface area contributed by atoms with Gasteiger partial charge < -0.3 is 14.8 Å². The van der Waals surface area contributed by atoms with E-state index in [1.807, 2.05) is 5.43 Å². The van der Waals surface area contributed by atoms with Crippen molar-refractivity contribution in [2.45, 2.75) is 51.9 Å². The van der Waals surface area contributed by atoms with Crippen LogP contribution in [0.5, 0.6) is 0 Å². The fraction of sp³-hybridized carbons (Fsp3) is 0.588. The summed E-state index contributed by atoms with van der Waals surface area (Å²) in [4.78, 5) is 27.6. The summed E-state index contributed by atoms with van der Waals surface area (Å²) in [6.45, 7) is 8.40. The second kappa shape index (κ2) is 8.63. The highest BCUT2D eigenvalue weighted by Gasteiger charge is 2.33. The zero-order valence-corrected chi connectivity index (χ0v) is 16.6. The molecule has 0 aliphatic carbocycles. The fourth-order valence-electron chi connectivity index (χ4n) is 2.13. The molecule has 0 aliphatic rings. The van der Waals surface area contributed by atoms with Crippen molar-refractivity contribution in [2.24, 2.45) is 0 Å². The largest absolute Gasteiger partial charge is 0.443 e. The molecule has 1 aromatic heterocycles. The highest BCUT2D eigenvalue weighted by molar-refractivity contribution is 5.98. The van der Waals surface area contributed by atoms with E-state index in [1.165, 1.54) is 7.11 Å². The van der Waals surface area contributed by atoms with Gasteiger partial charge in [-0.3, -0.25) is 10.2 Å². The van der Waals surface area contributed by atoms with Gasteiger partial charge in [0.05, 0.1) is 23.4 Å². The van der Waals surface area contributed by atoms with Crippen LogP contribution in [-0.4, -0.2) is 41.8 Å². The van der Waals surface area contributed by atoms with Gasteiger partial charge in [-0.05, 0) is 40.7 Å². The molecule has 0 radical (unpaired) electrons. The van der Waals surface area contributed by atoms with Crippen molar-refractivity contribution in [3.05, 3.63) is 23.5 Å². The van der Waals surface area contributed by atoms with E-state index in [4.69, 9.17) is 9.47 Å². The summed E-state index contributed by atoms with van der Waals surface area (Å²) >= 11 is 0. The molecule has 1 aromatic rings. The minimum absolute atomic E-state index is 0.153. The first-order valence-corrected chi connectivity index (χ1v) is 8.28. The molecular weight excluding hydrogens is 381 g/mol. The quantitative estimate of drug-likeness (QED) is 0.650. The van der Waals surface area contributed by atoms with Gasteiger partial charge in [0.2, 0.25) is 0 Å². The molecule has 0 spiro atoms. The highest BCUT2D eigenvalue weighted by atomic mass is 19.4. The van der Waals surface area contributed by atoms with Gasteiger partial charge in [-0.1, -0.05) is 0 Å². The molecule has 28 heavy (non-hydrogen) atoms. The Morgan fingerprint density at radius 2 is 1.71 bits per heavy atom. The Morgan fingerprint density at radius 3 is 2.21 bits per heavy atom. The van der Waals surface area contributed by atoms with Crippen LogP contribution in [0, 0.1) is 0 Å². The first kappa shape index (κ1) is 23.5. The van der Waals surface area contributed by atoms with Crippen LogP contribution in [0.1, 0.15) is 50.7 Å². The van der Waals surface area contributed by atoms with Crippen LogP contribution < -0.4 is 16.2 Å². The molecule has 0 fully saturated rings. The zero-order valence-electron chi connectivity index (χ0n) is 16.6. The molecule has 0 saturated carbocycles. The first-order chi connectivity index (χ1) is 12.6. The number of hydrogen-bond acceptors (Lipinski definition) is 6. The number of anilines is 1. The maximum absolute atomic E-state index is 13.0. The van der Waals surface area contributed by atoms with Crippen molar-refractivity contribution in [1.29, 1.82) is 0 Å². The standard InChI is InChI=1S/C17H25F3N4O4/c1-15(2,3)28-14(26)24-23-13(25)12-11(22-16(4,5)9-27-6)7-10(8-21-12)17(18,19)20/h7-8,22H,9H2,1-6H3,(H,23,25)(H,24,26). The SMILES string of the molecule is COCC(C)(C)Nc1cc(C(F)(F)F)cnc1C(=O)NNC(=O)OC(C)(C)C. The van der Waals surface area contributed by atoms with E-state index in [0.29, 0.717) is 6.20 Å². The van der Waals surface area contributed by atoms with Crippen molar-refractivity contribution in [2.75, 3.05) is 19.0 Å². The number of nitrogens with one attached hydrogen (secondary N) is 3.